The first-order valence-corrected chi connectivity index (χ1v) is 6.85. The van der Waals surface area contributed by atoms with Crippen molar-refractivity contribution in [1.82, 2.24) is 10.6 Å². The van der Waals surface area contributed by atoms with Crippen molar-refractivity contribution < 1.29 is 13.9 Å². The van der Waals surface area contributed by atoms with Gasteiger partial charge in [0.15, 0.2) is 5.76 Å². The van der Waals surface area contributed by atoms with Crippen LogP contribution in [0.15, 0.2) is 10.5 Å². The van der Waals surface area contributed by atoms with E-state index in [1.807, 2.05) is 13.0 Å². The Balaban J connectivity index is 2.05. The maximum absolute atomic E-state index is 12.2. The minimum Gasteiger partial charge on any atom is -0.456 e. The van der Waals surface area contributed by atoms with E-state index in [0.717, 1.165) is 37.3 Å². The first kappa shape index (κ1) is 14.1. The van der Waals surface area contributed by atoms with Crippen molar-refractivity contribution >= 4 is 5.91 Å². The molecule has 1 fully saturated rings. The summed E-state index contributed by atoms with van der Waals surface area (Å²) < 4.78 is 10.9. The SMILES string of the molecule is CCc1cc(C(=O)N[C@@H]2CNC[C@@H]2OC)oc1CC. The Labute approximate surface area is 113 Å². The van der Waals surface area contributed by atoms with E-state index in [9.17, 15) is 4.79 Å². The fourth-order valence-corrected chi connectivity index (χ4v) is 2.46. The molecule has 0 radical (unpaired) electrons. The van der Waals surface area contributed by atoms with Gasteiger partial charge in [0.05, 0.1) is 12.1 Å². The summed E-state index contributed by atoms with van der Waals surface area (Å²) in [5.74, 6) is 1.14. The predicted octanol–water partition coefficient (Wildman–Crippen LogP) is 1.12. The molecule has 2 atom stereocenters. The van der Waals surface area contributed by atoms with Gasteiger partial charge in [-0.1, -0.05) is 13.8 Å². The van der Waals surface area contributed by atoms with Gasteiger partial charge in [-0.3, -0.25) is 4.79 Å². The van der Waals surface area contributed by atoms with Crippen molar-refractivity contribution in [3.05, 3.63) is 23.2 Å². The quantitative estimate of drug-likeness (QED) is 0.838. The summed E-state index contributed by atoms with van der Waals surface area (Å²) in [6, 6.07) is 1.84. The standard InChI is InChI=1S/C14H22N2O3/c1-4-9-6-12(19-11(9)5-2)14(17)16-10-7-15-8-13(10)18-3/h6,10,13,15H,4-5,7-8H2,1-3H3,(H,16,17)/t10-,13+/m1/s1. The fourth-order valence-electron chi connectivity index (χ4n) is 2.46. The maximum atomic E-state index is 12.2. The number of methoxy groups -OCH3 is 1. The lowest BCUT2D eigenvalue weighted by molar-refractivity contribution is 0.0759. The molecule has 0 saturated carbocycles. The number of nitrogens with one attached hydrogen (secondary N) is 2. The minimum absolute atomic E-state index is 0.00208. The maximum Gasteiger partial charge on any atom is 0.287 e. The molecule has 0 unspecified atom stereocenters. The van der Waals surface area contributed by atoms with Crippen molar-refractivity contribution in [1.29, 1.82) is 0 Å². The molecule has 5 nitrogen and oxygen atoms in total. The number of aryl methyl sites for hydroxylation is 2. The monoisotopic (exact) mass is 266 g/mol. The lowest BCUT2D eigenvalue weighted by atomic mass is 10.1. The molecule has 0 spiro atoms. The number of rotatable bonds is 5. The van der Waals surface area contributed by atoms with Gasteiger partial charge in [0.1, 0.15) is 5.76 Å². The molecule has 1 saturated heterocycles. The van der Waals surface area contributed by atoms with Crippen molar-refractivity contribution in [2.24, 2.45) is 0 Å². The highest BCUT2D eigenvalue weighted by Gasteiger charge is 2.29. The van der Waals surface area contributed by atoms with E-state index in [2.05, 4.69) is 17.6 Å². The van der Waals surface area contributed by atoms with Gasteiger partial charge in [-0.05, 0) is 18.1 Å². The molecule has 1 amide bonds. The van der Waals surface area contributed by atoms with Gasteiger partial charge in [-0.2, -0.15) is 0 Å². The Morgan fingerprint density at radius 2 is 2.26 bits per heavy atom. The van der Waals surface area contributed by atoms with Gasteiger partial charge in [0.2, 0.25) is 0 Å². The molecule has 19 heavy (non-hydrogen) atoms. The second-order valence-electron chi connectivity index (χ2n) is 4.78. The number of carbonyl (C=O) groups excluding carboxylic acids is 1. The van der Waals surface area contributed by atoms with Crippen LogP contribution in [0.1, 0.15) is 35.7 Å². The summed E-state index contributed by atoms with van der Waals surface area (Å²) in [6.45, 7) is 5.58. The zero-order valence-electron chi connectivity index (χ0n) is 11.8. The fraction of sp³-hybridized carbons (Fsp3) is 0.643. The number of amides is 1. The van der Waals surface area contributed by atoms with Crippen molar-refractivity contribution in [2.75, 3.05) is 20.2 Å². The Bertz CT molecular complexity index is 420. The van der Waals surface area contributed by atoms with Crippen LogP contribution in [-0.4, -0.2) is 38.3 Å². The van der Waals surface area contributed by atoms with E-state index >= 15 is 0 Å². The molecular weight excluding hydrogens is 244 g/mol. The highest BCUT2D eigenvalue weighted by atomic mass is 16.5. The van der Waals surface area contributed by atoms with Crippen LogP contribution in [0.5, 0.6) is 0 Å². The van der Waals surface area contributed by atoms with Gasteiger partial charge in [0, 0.05) is 26.6 Å². The van der Waals surface area contributed by atoms with Crippen LogP contribution in [0.25, 0.3) is 0 Å². The van der Waals surface area contributed by atoms with Crippen LogP contribution in [0.3, 0.4) is 0 Å². The van der Waals surface area contributed by atoms with E-state index in [4.69, 9.17) is 9.15 Å². The van der Waals surface area contributed by atoms with Crippen LogP contribution in [0.2, 0.25) is 0 Å². The molecule has 106 valence electrons. The van der Waals surface area contributed by atoms with Crippen LogP contribution in [0.4, 0.5) is 0 Å². The highest BCUT2D eigenvalue weighted by Crippen LogP contribution is 2.17. The third-order valence-corrected chi connectivity index (χ3v) is 3.60. The second kappa shape index (κ2) is 6.21. The number of furan rings is 1. The summed E-state index contributed by atoms with van der Waals surface area (Å²) >= 11 is 0. The van der Waals surface area contributed by atoms with Gasteiger partial charge < -0.3 is 19.8 Å². The molecule has 0 aromatic carbocycles. The van der Waals surface area contributed by atoms with Crippen LogP contribution in [-0.2, 0) is 17.6 Å². The number of ether oxygens (including phenoxy) is 1. The van der Waals surface area contributed by atoms with Crippen molar-refractivity contribution in [3.63, 3.8) is 0 Å². The van der Waals surface area contributed by atoms with E-state index < -0.39 is 0 Å². The molecule has 1 aromatic rings. The molecule has 5 heteroatoms. The highest BCUT2D eigenvalue weighted by molar-refractivity contribution is 5.92. The summed E-state index contributed by atoms with van der Waals surface area (Å²) in [5.41, 5.74) is 1.11. The second-order valence-corrected chi connectivity index (χ2v) is 4.78. The lowest BCUT2D eigenvalue weighted by Gasteiger charge is -2.17. The molecule has 0 aliphatic carbocycles. The molecule has 2 heterocycles. The molecule has 2 N–H and O–H groups in total. The topological polar surface area (TPSA) is 63.5 Å². The van der Waals surface area contributed by atoms with Gasteiger partial charge in [-0.15, -0.1) is 0 Å². The third kappa shape index (κ3) is 2.98. The number of carbonyl (C=O) groups is 1. The summed E-state index contributed by atoms with van der Waals surface area (Å²) in [5, 5.41) is 6.16. The number of hydrogen-bond acceptors (Lipinski definition) is 4. The van der Waals surface area contributed by atoms with Crippen molar-refractivity contribution in [2.45, 2.75) is 38.8 Å². The van der Waals surface area contributed by atoms with E-state index in [0.29, 0.717) is 5.76 Å². The molecule has 1 aromatic heterocycles. The van der Waals surface area contributed by atoms with Gasteiger partial charge in [-0.25, -0.2) is 0 Å². The first-order chi connectivity index (χ1) is 9.19. The van der Waals surface area contributed by atoms with Gasteiger partial charge >= 0.3 is 0 Å². The van der Waals surface area contributed by atoms with Crippen molar-refractivity contribution in [3.8, 4) is 0 Å². The molecule has 1 aliphatic heterocycles. The minimum atomic E-state index is -0.162. The zero-order valence-corrected chi connectivity index (χ0v) is 11.8. The zero-order chi connectivity index (χ0) is 13.8. The van der Waals surface area contributed by atoms with E-state index in [1.165, 1.54) is 0 Å². The van der Waals surface area contributed by atoms with E-state index in [1.54, 1.807) is 7.11 Å². The Morgan fingerprint density at radius 1 is 1.47 bits per heavy atom. The normalized spacial score (nSPS) is 22.7. The summed E-state index contributed by atoms with van der Waals surface area (Å²) in [4.78, 5) is 12.2. The van der Waals surface area contributed by atoms with Crippen LogP contribution < -0.4 is 10.6 Å². The van der Waals surface area contributed by atoms with Gasteiger partial charge in [0.25, 0.3) is 5.91 Å². The lowest BCUT2D eigenvalue weighted by Crippen LogP contribution is -2.43. The molecular formula is C14H22N2O3. The Morgan fingerprint density at radius 3 is 2.84 bits per heavy atom. The molecule has 2 rings (SSSR count). The average molecular weight is 266 g/mol. The number of hydrogen-bond donors (Lipinski definition) is 2. The van der Waals surface area contributed by atoms with Crippen LogP contribution >= 0.6 is 0 Å². The Kier molecular flexibility index (Phi) is 4.61. The summed E-state index contributed by atoms with van der Waals surface area (Å²) in [6.07, 6.45) is 1.71. The molecule has 1 aliphatic rings. The Hall–Kier alpha value is -1.33. The van der Waals surface area contributed by atoms with Crippen LogP contribution in [0, 0.1) is 0 Å². The largest absolute Gasteiger partial charge is 0.456 e. The average Bonchev–Trinajstić information content (AvgIpc) is 3.03. The van der Waals surface area contributed by atoms with E-state index in [-0.39, 0.29) is 18.1 Å². The molecule has 0 bridgehead atoms. The summed E-state index contributed by atoms with van der Waals surface area (Å²) in [7, 11) is 1.66. The third-order valence-electron chi connectivity index (χ3n) is 3.60. The predicted molar refractivity (Wildman–Crippen MR) is 72.4 cm³/mol. The first-order valence-electron chi connectivity index (χ1n) is 6.85. The smallest absolute Gasteiger partial charge is 0.287 e.